The number of hydrogen-bond donors (Lipinski definition) is 0. The molecule has 2 fully saturated rings. The van der Waals surface area contributed by atoms with Crippen LogP contribution in [0.1, 0.15) is 88.1 Å². The zero-order chi connectivity index (χ0) is 13.9. The molecule has 2 nitrogen and oxygen atoms in total. The second-order valence-electron chi connectivity index (χ2n) is 6.59. The molecule has 2 unspecified atom stereocenters. The minimum absolute atomic E-state index is 0.535. The first-order valence-corrected chi connectivity index (χ1v) is 8.68. The lowest BCUT2D eigenvalue weighted by Crippen LogP contribution is -2.17. The Labute approximate surface area is 127 Å². The number of nitrogens with zero attached hydrogens (tertiary/aromatic N) is 2. The van der Waals surface area contributed by atoms with Gasteiger partial charge in [-0.25, -0.2) is 9.97 Å². The van der Waals surface area contributed by atoms with Crippen LogP contribution in [0.15, 0.2) is 6.07 Å². The smallest absolute Gasteiger partial charge is 0.133 e. The maximum Gasteiger partial charge on any atom is 0.133 e. The van der Waals surface area contributed by atoms with E-state index in [1.54, 1.807) is 0 Å². The molecule has 1 aromatic heterocycles. The predicted molar refractivity (Wildman–Crippen MR) is 83.2 cm³/mol. The van der Waals surface area contributed by atoms with E-state index in [4.69, 9.17) is 16.6 Å². The Morgan fingerprint density at radius 2 is 1.80 bits per heavy atom. The SMILES string of the molecule is CCC1CCCC(c2nc(Cl)cc(C3CCCC3)n2)C1. The van der Waals surface area contributed by atoms with Gasteiger partial charge in [-0.2, -0.15) is 0 Å². The van der Waals surface area contributed by atoms with Crippen LogP contribution in [-0.4, -0.2) is 9.97 Å². The van der Waals surface area contributed by atoms with Gasteiger partial charge in [0, 0.05) is 17.5 Å². The van der Waals surface area contributed by atoms with E-state index in [0.29, 0.717) is 17.0 Å². The third-order valence-electron chi connectivity index (χ3n) is 5.23. The van der Waals surface area contributed by atoms with Gasteiger partial charge in [-0.1, -0.05) is 50.6 Å². The summed E-state index contributed by atoms with van der Waals surface area (Å²) >= 11 is 6.27. The molecule has 1 heterocycles. The van der Waals surface area contributed by atoms with Gasteiger partial charge in [-0.3, -0.25) is 0 Å². The Kier molecular flexibility index (Phi) is 4.60. The summed E-state index contributed by atoms with van der Waals surface area (Å²) in [5.41, 5.74) is 1.20. The van der Waals surface area contributed by atoms with Crippen LogP contribution in [0, 0.1) is 5.92 Å². The first kappa shape index (κ1) is 14.3. The van der Waals surface area contributed by atoms with Gasteiger partial charge in [0.1, 0.15) is 11.0 Å². The van der Waals surface area contributed by atoms with Crippen LogP contribution < -0.4 is 0 Å². The monoisotopic (exact) mass is 292 g/mol. The third-order valence-corrected chi connectivity index (χ3v) is 5.42. The lowest BCUT2D eigenvalue weighted by molar-refractivity contribution is 0.306. The Hall–Kier alpha value is -0.630. The molecule has 0 N–H and O–H groups in total. The first-order valence-electron chi connectivity index (χ1n) is 8.30. The quantitative estimate of drug-likeness (QED) is 0.690. The van der Waals surface area contributed by atoms with Crippen molar-refractivity contribution >= 4 is 11.6 Å². The standard InChI is InChI=1S/C17H25ClN2/c1-2-12-6-5-9-14(10-12)17-19-15(11-16(18)20-17)13-7-3-4-8-13/h11-14H,2-10H2,1H3. The van der Waals surface area contributed by atoms with Gasteiger partial charge in [0.05, 0.1) is 0 Å². The molecule has 0 amide bonds. The van der Waals surface area contributed by atoms with Crippen molar-refractivity contribution < 1.29 is 0 Å². The average molecular weight is 293 g/mol. The summed E-state index contributed by atoms with van der Waals surface area (Å²) in [7, 11) is 0. The van der Waals surface area contributed by atoms with E-state index in [0.717, 1.165) is 11.7 Å². The van der Waals surface area contributed by atoms with E-state index in [9.17, 15) is 0 Å². The van der Waals surface area contributed by atoms with Crippen LogP contribution in [0.5, 0.6) is 0 Å². The summed E-state index contributed by atoms with van der Waals surface area (Å²) in [6.07, 6.45) is 11.7. The Morgan fingerprint density at radius 3 is 2.55 bits per heavy atom. The molecule has 0 aromatic carbocycles. The lowest BCUT2D eigenvalue weighted by atomic mass is 9.80. The van der Waals surface area contributed by atoms with E-state index in [1.165, 1.54) is 63.5 Å². The second kappa shape index (κ2) is 6.43. The van der Waals surface area contributed by atoms with Crippen molar-refractivity contribution in [3.8, 4) is 0 Å². The molecule has 0 radical (unpaired) electrons. The molecule has 20 heavy (non-hydrogen) atoms. The molecular formula is C17H25ClN2. The van der Waals surface area contributed by atoms with Gasteiger partial charge in [0.15, 0.2) is 0 Å². The van der Waals surface area contributed by atoms with Crippen molar-refractivity contribution in [1.82, 2.24) is 9.97 Å². The van der Waals surface area contributed by atoms with Gasteiger partial charge in [-0.05, 0) is 37.7 Å². The van der Waals surface area contributed by atoms with Crippen LogP contribution in [0.4, 0.5) is 0 Å². The normalized spacial score (nSPS) is 27.9. The van der Waals surface area contributed by atoms with Crippen LogP contribution in [0.3, 0.4) is 0 Å². The summed E-state index contributed by atoms with van der Waals surface area (Å²) in [5, 5.41) is 0.649. The van der Waals surface area contributed by atoms with Crippen molar-refractivity contribution in [2.75, 3.05) is 0 Å². The summed E-state index contributed by atoms with van der Waals surface area (Å²) in [4.78, 5) is 9.46. The number of rotatable bonds is 3. The Bertz CT molecular complexity index is 454. The highest BCUT2D eigenvalue weighted by molar-refractivity contribution is 6.29. The van der Waals surface area contributed by atoms with Gasteiger partial charge in [0.25, 0.3) is 0 Å². The second-order valence-corrected chi connectivity index (χ2v) is 6.98. The van der Waals surface area contributed by atoms with Crippen molar-refractivity contribution in [2.45, 2.75) is 76.5 Å². The highest BCUT2D eigenvalue weighted by Gasteiger charge is 2.26. The molecule has 2 saturated carbocycles. The van der Waals surface area contributed by atoms with Crippen molar-refractivity contribution in [3.63, 3.8) is 0 Å². The van der Waals surface area contributed by atoms with Crippen LogP contribution in [0.25, 0.3) is 0 Å². The molecule has 2 aliphatic rings. The topological polar surface area (TPSA) is 25.8 Å². The van der Waals surface area contributed by atoms with Crippen LogP contribution in [0.2, 0.25) is 5.15 Å². The summed E-state index contributed by atoms with van der Waals surface area (Å²) < 4.78 is 0. The minimum Gasteiger partial charge on any atom is -0.237 e. The van der Waals surface area contributed by atoms with E-state index in [-0.39, 0.29) is 0 Å². The molecule has 2 aliphatic carbocycles. The molecule has 1 aromatic rings. The average Bonchev–Trinajstić information content (AvgIpc) is 3.01. The van der Waals surface area contributed by atoms with Crippen molar-refractivity contribution in [3.05, 3.63) is 22.7 Å². The van der Waals surface area contributed by atoms with E-state index < -0.39 is 0 Å². The van der Waals surface area contributed by atoms with Gasteiger partial charge >= 0.3 is 0 Å². The number of halogens is 1. The predicted octanol–water partition coefficient (Wildman–Crippen LogP) is 5.47. The van der Waals surface area contributed by atoms with Gasteiger partial charge < -0.3 is 0 Å². The largest absolute Gasteiger partial charge is 0.237 e. The molecule has 0 aliphatic heterocycles. The van der Waals surface area contributed by atoms with Crippen molar-refractivity contribution in [2.24, 2.45) is 5.92 Å². The minimum atomic E-state index is 0.535. The Morgan fingerprint density at radius 1 is 1.05 bits per heavy atom. The zero-order valence-electron chi connectivity index (χ0n) is 12.4. The zero-order valence-corrected chi connectivity index (χ0v) is 13.2. The Balaban J connectivity index is 1.81. The highest BCUT2D eigenvalue weighted by atomic mass is 35.5. The van der Waals surface area contributed by atoms with E-state index in [2.05, 4.69) is 11.9 Å². The lowest BCUT2D eigenvalue weighted by Gasteiger charge is -2.27. The molecule has 0 saturated heterocycles. The van der Waals surface area contributed by atoms with Crippen LogP contribution >= 0.6 is 11.6 Å². The molecule has 3 heteroatoms. The molecule has 0 spiro atoms. The highest BCUT2D eigenvalue weighted by Crippen LogP contribution is 2.38. The van der Waals surface area contributed by atoms with Crippen LogP contribution in [-0.2, 0) is 0 Å². The maximum absolute atomic E-state index is 6.27. The molecule has 110 valence electrons. The fraction of sp³-hybridized carbons (Fsp3) is 0.765. The van der Waals surface area contributed by atoms with E-state index >= 15 is 0 Å². The van der Waals surface area contributed by atoms with Gasteiger partial charge in [0.2, 0.25) is 0 Å². The maximum atomic E-state index is 6.27. The molecule has 2 atom stereocenters. The fourth-order valence-electron chi connectivity index (χ4n) is 3.96. The molecule has 3 rings (SSSR count). The molecule has 0 bridgehead atoms. The van der Waals surface area contributed by atoms with E-state index in [1.807, 2.05) is 6.07 Å². The van der Waals surface area contributed by atoms with Crippen molar-refractivity contribution in [1.29, 1.82) is 0 Å². The third kappa shape index (κ3) is 3.16. The summed E-state index contributed by atoms with van der Waals surface area (Å²) in [6, 6.07) is 2.00. The fourth-order valence-corrected chi connectivity index (χ4v) is 4.16. The first-order chi connectivity index (χ1) is 9.76. The summed E-state index contributed by atoms with van der Waals surface area (Å²) in [6.45, 7) is 2.30. The number of aromatic nitrogens is 2. The van der Waals surface area contributed by atoms with Gasteiger partial charge in [-0.15, -0.1) is 0 Å². The number of hydrogen-bond acceptors (Lipinski definition) is 2. The summed E-state index contributed by atoms with van der Waals surface area (Å²) in [5.74, 6) is 3.04. The molecular weight excluding hydrogens is 268 g/mol.